The van der Waals surface area contributed by atoms with E-state index in [2.05, 4.69) is 17.1 Å². The van der Waals surface area contributed by atoms with Crippen molar-refractivity contribution in [2.45, 2.75) is 40.2 Å². The van der Waals surface area contributed by atoms with Crippen LogP contribution in [0.15, 0.2) is 22.7 Å². The lowest BCUT2D eigenvalue weighted by Crippen LogP contribution is -2.00. The van der Waals surface area contributed by atoms with Crippen LogP contribution in [0.3, 0.4) is 0 Å². The van der Waals surface area contributed by atoms with E-state index in [4.69, 9.17) is 9.26 Å². The standard InChI is InChI=1S/C14H18N2O2/c1-4-6-13-15-12(16-18-13)9-17-14-10(2)7-5-8-11(14)3/h5,7-8H,4,6,9H2,1-3H3. The zero-order valence-corrected chi connectivity index (χ0v) is 11.1. The Morgan fingerprint density at radius 2 is 1.94 bits per heavy atom. The van der Waals surface area contributed by atoms with E-state index in [9.17, 15) is 0 Å². The summed E-state index contributed by atoms with van der Waals surface area (Å²) in [6.07, 6.45) is 1.82. The molecule has 0 fully saturated rings. The van der Waals surface area contributed by atoms with Gasteiger partial charge in [0, 0.05) is 6.42 Å². The lowest BCUT2D eigenvalue weighted by atomic mass is 10.1. The Kier molecular flexibility index (Phi) is 3.97. The van der Waals surface area contributed by atoms with E-state index in [0.717, 1.165) is 29.7 Å². The molecule has 0 saturated carbocycles. The summed E-state index contributed by atoms with van der Waals surface area (Å²) in [4.78, 5) is 4.27. The van der Waals surface area contributed by atoms with E-state index < -0.39 is 0 Å². The first-order chi connectivity index (χ1) is 8.70. The maximum atomic E-state index is 5.76. The molecule has 0 bridgehead atoms. The molecule has 0 amide bonds. The van der Waals surface area contributed by atoms with Crippen LogP contribution in [0, 0.1) is 13.8 Å². The van der Waals surface area contributed by atoms with Crippen molar-refractivity contribution in [3.05, 3.63) is 41.0 Å². The lowest BCUT2D eigenvalue weighted by Gasteiger charge is -2.09. The Labute approximate surface area is 107 Å². The Balaban J connectivity index is 2.02. The molecule has 4 nitrogen and oxygen atoms in total. The van der Waals surface area contributed by atoms with Crippen LogP contribution in [0.1, 0.15) is 36.2 Å². The van der Waals surface area contributed by atoms with E-state index in [1.54, 1.807) is 0 Å². The molecule has 1 heterocycles. The Bertz CT molecular complexity index is 500. The number of aryl methyl sites for hydroxylation is 3. The van der Waals surface area contributed by atoms with Crippen molar-refractivity contribution in [3.63, 3.8) is 0 Å². The van der Waals surface area contributed by atoms with Crippen molar-refractivity contribution in [1.82, 2.24) is 10.1 Å². The predicted octanol–water partition coefficient (Wildman–Crippen LogP) is 3.22. The second-order valence-corrected chi connectivity index (χ2v) is 4.36. The molecule has 0 atom stereocenters. The van der Waals surface area contributed by atoms with Gasteiger partial charge >= 0.3 is 0 Å². The van der Waals surface area contributed by atoms with Crippen LogP contribution in [-0.2, 0) is 13.0 Å². The van der Waals surface area contributed by atoms with Gasteiger partial charge in [-0.3, -0.25) is 0 Å². The number of rotatable bonds is 5. The van der Waals surface area contributed by atoms with Crippen LogP contribution in [0.4, 0.5) is 0 Å². The molecule has 0 aliphatic heterocycles. The summed E-state index contributed by atoms with van der Waals surface area (Å²) in [5.74, 6) is 2.18. The molecule has 1 aromatic heterocycles. The fourth-order valence-corrected chi connectivity index (χ4v) is 1.83. The zero-order chi connectivity index (χ0) is 13.0. The molecule has 2 rings (SSSR count). The number of hydrogen-bond acceptors (Lipinski definition) is 4. The molecule has 1 aromatic carbocycles. The Morgan fingerprint density at radius 3 is 2.61 bits per heavy atom. The first-order valence-corrected chi connectivity index (χ1v) is 6.21. The summed E-state index contributed by atoms with van der Waals surface area (Å²) in [6, 6.07) is 6.08. The second-order valence-electron chi connectivity index (χ2n) is 4.36. The van der Waals surface area contributed by atoms with Gasteiger partial charge in [0.05, 0.1) is 0 Å². The van der Waals surface area contributed by atoms with Crippen LogP contribution in [0.25, 0.3) is 0 Å². The third-order valence-corrected chi connectivity index (χ3v) is 2.73. The first kappa shape index (κ1) is 12.6. The SMILES string of the molecule is CCCc1nc(COc2c(C)cccc2C)no1. The topological polar surface area (TPSA) is 48.2 Å². The molecule has 18 heavy (non-hydrogen) atoms. The van der Waals surface area contributed by atoms with Crippen LogP contribution in [0.2, 0.25) is 0 Å². The Hall–Kier alpha value is -1.84. The van der Waals surface area contributed by atoms with Crippen LogP contribution in [0.5, 0.6) is 5.75 Å². The maximum Gasteiger partial charge on any atom is 0.226 e. The highest BCUT2D eigenvalue weighted by Gasteiger charge is 2.08. The first-order valence-electron chi connectivity index (χ1n) is 6.21. The normalized spacial score (nSPS) is 10.6. The summed E-state index contributed by atoms with van der Waals surface area (Å²) in [5.41, 5.74) is 2.24. The summed E-state index contributed by atoms with van der Waals surface area (Å²) >= 11 is 0. The molecule has 0 aliphatic rings. The van der Waals surface area contributed by atoms with E-state index in [1.807, 2.05) is 32.0 Å². The molecule has 0 aliphatic carbocycles. The molecule has 2 aromatic rings. The van der Waals surface area contributed by atoms with Crippen molar-refractivity contribution in [3.8, 4) is 5.75 Å². The van der Waals surface area contributed by atoms with Gasteiger partial charge < -0.3 is 9.26 Å². The number of ether oxygens (including phenoxy) is 1. The van der Waals surface area contributed by atoms with Crippen LogP contribution < -0.4 is 4.74 Å². The number of hydrogen-bond donors (Lipinski definition) is 0. The van der Waals surface area contributed by atoms with Gasteiger partial charge in [0.25, 0.3) is 0 Å². The van der Waals surface area contributed by atoms with Gasteiger partial charge in [-0.05, 0) is 31.4 Å². The smallest absolute Gasteiger partial charge is 0.226 e. The van der Waals surface area contributed by atoms with Gasteiger partial charge in [-0.25, -0.2) is 0 Å². The van der Waals surface area contributed by atoms with Gasteiger partial charge in [-0.15, -0.1) is 0 Å². The summed E-state index contributed by atoms with van der Waals surface area (Å²) < 4.78 is 10.9. The second kappa shape index (κ2) is 5.67. The number of nitrogens with zero attached hydrogens (tertiary/aromatic N) is 2. The number of aromatic nitrogens is 2. The highest BCUT2D eigenvalue weighted by Crippen LogP contribution is 2.23. The van der Waals surface area contributed by atoms with E-state index in [0.29, 0.717) is 18.3 Å². The predicted molar refractivity (Wildman–Crippen MR) is 68.5 cm³/mol. The minimum atomic E-state index is 0.346. The van der Waals surface area contributed by atoms with Gasteiger partial charge in [0.1, 0.15) is 5.75 Å². The number of benzene rings is 1. The molecule has 96 valence electrons. The van der Waals surface area contributed by atoms with Crippen LogP contribution in [-0.4, -0.2) is 10.1 Å². The van der Waals surface area contributed by atoms with Gasteiger partial charge in [-0.2, -0.15) is 4.98 Å². The number of para-hydroxylation sites is 1. The third-order valence-electron chi connectivity index (χ3n) is 2.73. The fourth-order valence-electron chi connectivity index (χ4n) is 1.83. The average molecular weight is 246 g/mol. The van der Waals surface area contributed by atoms with E-state index >= 15 is 0 Å². The van der Waals surface area contributed by atoms with E-state index in [1.165, 1.54) is 0 Å². The van der Waals surface area contributed by atoms with Crippen molar-refractivity contribution in [2.24, 2.45) is 0 Å². The average Bonchev–Trinajstić information content (AvgIpc) is 2.77. The van der Waals surface area contributed by atoms with Crippen molar-refractivity contribution < 1.29 is 9.26 Å². The zero-order valence-electron chi connectivity index (χ0n) is 11.1. The molecule has 0 N–H and O–H groups in total. The molecule has 0 unspecified atom stereocenters. The van der Waals surface area contributed by atoms with Crippen molar-refractivity contribution >= 4 is 0 Å². The van der Waals surface area contributed by atoms with Crippen LogP contribution >= 0.6 is 0 Å². The molecule has 4 heteroatoms. The Morgan fingerprint density at radius 1 is 1.22 bits per heavy atom. The van der Waals surface area contributed by atoms with Gasteiger partial charge in [-0.1, -0.05) is 30.3 Å². The minimum Gasteiger partial charge on any atom is -0.485 e. The van der Waals surface area contributed by atoms with Crippen molar-refractivity contribution in [1.29, 1.82) is 0 Å². The quantitative estimate of drug-likeness (QED) is 0.812. The largest absolute Gasteiger partial charge is 0.485 e. The van der Waals surface area contributed by atoms with Gasteiger partial charge in [0.15, 0.2) is 6.61 Å². The minimum absolute atomic E-state index is 0.346. The summed E-state index contributed by atoms with van der Waals surface area (Å²) in [5, 5.41) is 3.90. The van der Waals surface area contributed by atoms with Crippen molar-refractivity contribution in [2.75, 3.05) is 0 Å². The molecular formula is C14H18N2O2. The lowest BCUT2D eigenvalue weighted by molar-refractivity contribution is 0.281. The van der Waals surface area contributed by atoms with E-state index in [-0.39, 0.29) is 0 Å². The molecule has 0 radical (unpaired) electrons. The monoisotopic (exact) mass is 246 g/mol. The molecule has 0 saturated heterocycles. The third kappa shape index (κ3) is 2.88. The highest BCUT2D eigenvalue weighted by molar-refractivity contribution is 5.39. The molecule has 0 spiro atoms. The highest BCUT2D eigenvalue weighted by atomic mass is 16.5. The molecular weight excluding hydrogens is 228 g/mol. The van der Waals surface area contributed by atoms with Gasteiger partial charge in [0.2, 0.25) is 11.7 Å². The summed E-state index contributed by atoms with van der Waals surface area (Å²) in [6.45, 7) is 6.48. The maximum absolute atomic E-state index is 5.76. The fraction of sp³-hybridized carbons (Fsp3) is 0.429. The summed E-state index contributed by atoms with van der Waals surface area (Å²) in [7, 11) is 0.